The molecule has 1 aromatic rings. The molecule has 1 aromatic heterocycles. The number of hydrogen-bond donors (Lipinski definition) is 1. The number of aryl methyl sites for hydroxylation is 2. The first kappa shape index (κ1) is 11.6. The second-order valence-corrected chi connectivity index (χ2v) is 5.24. The van der Waals surface area contributed by atoms with Gasteiger partial charge in [-0.05, 0) is 19.3 Å². The lowest BCUT2D eigenvalue weighted by Gasteiger charge is -2.22. The molecule has 0 unspecified atom stereocenters. The molecule has 98 valence electrons. The van der Waals surface area contributed by atoms with Crippen LogP contribution in [0.25, 0.3) is 0 Å². The predicted molar refractivity (Wildman–Crippen MR) is 70.8 cm³/mol. The maximum atomic E-state index is 11.8. The van der Waals surface area contributed by atoms with Crippen LogP contribution in [-0.4, -0.2) is 28.3 Å². The van der Waals surface area contributed by atoms with Crippen molar-refractivity contribution in [2.45, 2.75) is 45.1 Å². The second-order valence-electron chi connectivity index (χ2n) is 5.24. The van der Waals surface area contributed by atoms with Gasteiger partial charge in [-0.3, -0.25) is 9.48 Å². The summed E-state index contributed by atoms with van der Waals surface area (Å²) in [5.74, 6) is 1.22. The van der Waals surface area contributed by atoms with Gasteiger partial charge in [0.1, 0.15) is 5.69 Å². The summed E-state index contributed by atoms with van der Waals surface area (Å²) in [5.41, 5.74) is 1.98. The number of carbonyl (C=O) groups is 1. The Labute approximate surface area is 107 Å². The van der Waals surface area contributed by atoms with Crippen LogP contribution in [0.15, 0.2) is 0 Å². The van der Waals surface area contributed by atoms with Crippen LogP contribution in [-0.2, 0) is 18.3 Å². The van der Waals surface area contributed by atoms with E-state index in [1.165, 1.54) is 12.8 Å². The van der Waals surface area contributed by atoms with Crippen LogP contribution in [0, 0.1) is 0 Å². The third-order valence-corrected chi connectivity index (χ3v) is 3.68. The maximum Gasteiger partial charge on any atom is 0.226 e. The van der Waals surface area contributed by atoms with Crippen LogP contribution < -0.4 is 10.2 Å². The average Bonchev–Trinajstić information content (AvgIpc) is 3.11. The first-order chi connectivity index (χ1) is 8.70. The molecule has 18 heavy (non-hydrogen) atoms. The Bertz CT molecular complexity index is 476. The largest absolute Gasteiger partial charge is 0.352 e. The van der Waals surface area contributed by atoms with E-state index in [0.717, 1.165) is 36.6 Å². The van der Waals surface area contributed by atoms with E-state index in [0.29, 0.717) is 12.5 Å². The smallest absolute Gasteiger partial charge is 0.226 e. The fourth-order valence-electron chi connectivity index (χ4n) is 2.71. The minimum atomic E-state index is 0.116. The van der Waals surface area contributed by atoms with Crippen LogP contribution in [0.1, 0.15) is 38.3 Å². The number of nitrogens with one attached hydrogen (secondary N) is 1. The third kappa shape index (κ3) is 1.87. The maximum absolute atomic E-state index is 11.8. The summed E-state index contributed by atoms with van der Waals surface area (Å²) >= 11 is 0. The Kier molecular flexibility index (Phi) is 2.76. The van der Waals surface area contributed by atoms with Crippen molar-refractivity contribution in [3.63, 3.8) is 0 Å². The molecule has 1 amide bonds. The van der Waals surface area contributed by atoms with Crippen molar-refractivity contribution in [2.24, 2.45) is 7.05 Å². The zero-order valence-electron chi connectivity index (χ0n) is 11.1. The van der Waals surface area contributed by atoms with E-state index in [4.69, 9.17) is 0 Å². The molecule has 0 aromatic carbocycles. The summed E-state index contributed by atoms with van der Waals surface area (Å²) in [4.78, 5) is 14.2. The van der Waals surface area contributed by atoms with Crippen LogP contribution in [0.5, 0.6) is 0 Å². The molecule has 1 fully saturated rings. The normalized spacial score (nSPS) is 19.4. The van der Waals surface area contributed by atoms with Crippen molar-refractivity contribution >= 4 is 17.4 Å². The summed E-state index contributed by atoms with van der Waals surface area (Å²) in [6, 6.07) is 0.612. The molecule has 1 aliphatic heterocycles. The molecule has 0 saturated heterocycles. The summed E-state index contributed by atoms with van der Waals surface area (Å²) in [5, 5.41) is 7.62. The minimum Gasteiger partial charge on any atom is -0.352 e. The van der Waals surface area contributed by atoms with Crippen LogP contribution in [0.2, 0.25) is 0 Å². The summed E-state index contributed by atoms with van der Waals surface area (Å²) in [6.07, 6.45) is 5.02. The fraction of sp³-hybridized carbons (Fsp3) is 0.692. The topological polar surface area (TPSA) is 50.2 Å². The molecule has 0 radical (unpaired) electrons. The van der Waals surface area contributed by atoms with Gasteiger partial charge in [-0.1, -0.05) is 13.3 Å². The molecule has 3 rings (SSSR count). The Morgan fingerprint density at radius 3 is 2.89 bits per heavy atom. The highest BCUT2D eigenvalue weighted by Gasteiger charge is 2.35. The number of fused-ring (bicyclic) bond motifs is 1. The van der Waals surface area contributed by atoms with E-state index in [1.807, 2.05) is 11.7 Å². The van der Waals surface area contributed by atoms with Crippen molar-refractivity contribution in [1.82, 2.24) is 9.78 Å². The number of hydrogen-bond acceptors (Lipinski definition) is 3. The molecule has 0 atom stereocenters. The zero-order chi connectivity index (χ0) is 12.7. The van der Waals surface area contributed by atoms with Crippen molar-refractivity contribution < 1.29 is 4.79 Å². The molecule has 2 heterocycles. The first-order valence-electron chi connectivity index (χ1n) is 6.83. The number of rotatable bonds is 3. The van der Waals surface area contributed by atoms with E-state index in [1.54, 1.807) is 0 Å². The van der Waals surface area contributed by atoms with Gasteiger partial charge in [0.05, 0.1) is 5.69 Å². The van der Waals surface area contributed by atoms with Gasteiger partial charge in [-0.15, -0.1) is 0 Å². The van der Waals surface area contributed by atoms with Crippen LogP contribution in [0.3, 0.4) is 0 Å². The molecule has 1 aliphatic carbocycles. The lowest BCUT2D eigenvalue weighted by Crippen LogP contribution is -2.28. The molecule has 2 aliphatic rings. The lowest BCUT2D eigenvalue weighted by atomic mass is 10.2. The molecule has 5 nitrogen and oxygen atoms in total. The number of nitrogens with zero attached hydrogens (tertiary/aromatic N) is 3. The van der Waals surface area contributed by atoms with E-state index < -0.39 is 0 Å². The second kappa shape index (κ2) is 4.30. The molecule has 0 spiro atoms. The van der Waals surface area contributed by atoms with Gasteiger partial charge < -0.3 is 10.2 Å². The van der Waals surface area contributed by atoms with Crippen molar-refractivity contribution in [3.8, 4) is 0 Å². The number of amides is 1. The average molecular weight is 248 g/mol. The minimum absolute atomic E-state index is 0.116. The van der Waals surface area contributed by atoms with Crippen molar-refractivity contribution in [3.05, 3.63) is 5.69 Å². The zero-order valence-corrected chi connectivity index (χ0v) is 11.1. The molecular weight excluding hydrogens is 228 g/mol. The van der Waals surface area contributed by atoms with E-state index in [9.17, 15) is 4.79 Å². The van der Waals surface area contributed by atoms with Crippen molar-refractivity contribution in [1.29, 1.82) is 0 Å². The van der Waals surface area contributed by atoms with E-state index >= 15 is 0 Å². The van der Waals surface area contributed by atoms with E-state index in [-0.39, 0.29) is 5.91 Å². The number of carbonyl (C=O) groups excluding carboxylic acids is 1. The van der Waals surface area contributed by atoms with Gasteiger partial charge >= 0.3 is 0 Å². The highest BCUT2D eigenvalue weighted by Crippen LogP contribution is 2.39. The van der Waals surface area contributed by atoms with Gasteiger partial charge in [-0.25, -0.2) is 0 Å². The third-order valence-electron chi connectivity index (χ3n) is 3.68. The highest BCUT2D eigenvalue weighted by molar-refractivity contribution is 5.96. The van der Waals surface area contributed by atoms with Gasteiger partial charge in [0, 0.05) is 26.1 Å². The van der Waals surface area contributed by atoms with Gasteiger partial charge in [-0.2, -0.15) is 5.10 Å². The van der Waals surface area contributed by atoms with Gasteiger partial charge in [0.2, 0.25) is 5.91 Å². The van der Waals surface area contributed by atoms with Gasteiger partial charge in [0.15, 0.2) is 5.82 Å². The number of anilines is 2. The summed E-state index contributed by atoms with van der Waals surface area (Å²) in [7, 11) is 1.98. The molecule has 1 N–H and O–H groups in total. The predicted octanol–water partition coefficient (Wildman–Crippen LogP) is 1.68. The van der Waals surface area contributed by atoms with E-state index in [2.05, 4.69) is 22.2 Å². The summed E-state index contributed by atoms with van der Waals surface area (Å²) < 4.78 is 1.93. The van der Waals surface area contributed by atoms with Gasteiger partial charge in [0.25, 0.3) is 0 Å². The molecule has 5 heteroatoms. The molecular formula is C13H20N4O. The standard InChI is InChI=1S/C13H20N4O/c1-3-4-10-12-13(16(2)15-10)17(9-5-6-9)8-7-11(18)14-12/h9H,3-8H2,1-2H3,(H,14,18). The Morgan fingerprint density at radius 1 is 1.44 bits per heavy atom. The lowest BCUT2D eigenvalue weighted by molar-refractivity contribution is -0.115. The summed E-state index contributed by atoms with van der Waals surface area (Å²) in [6.45, 7) is 2.95. The Hall–Kier alpha value is -1.52. The van der Waals surface area contributed by atoms with Crippen LogP contribution in [0.4, 0.5) is 11.5 Å². The SMILES string of the molecule is CCCc1nn(C)c2c1NC(=O)CCN2C1CC1. The first-order valence-corrected chi connectivity index (χ1v) is 6.83. The fourth-order valence-corrected chi connectivity index (χ4v) is 2.71. The quantitative estimate of drug-likeness (QED) is 0.885. The van der Waals surface area contributed by atoms with Crippen LogP contribution >= 0.6 is 0 Å². The molecule has 0 bridgehead atoms. The molecule has 1 saturated carbocycles. The Balaban J connectivity index is 2.04. The monoisotopic (exact) mass is 248 g/mol. The highest BCUT2D eigenvalue weighted by atomic mass is 16.1. The Morgan fingerprint density at radius 2 is 2.22 bits per heavy atom. The van der Waals surface area contributed by atoms with Crippen molar-refractivity contribution in [2.75, 3.05) is 16.8 Å². The number of aromatic nitrogens is 2.